The molecule has 1 heterocycles. The standard InChI is InChI=1S/C18H20N4/c1-14-7-9-15(10-8-14)11-12-18-17(13-19)20-21-22(18)16-5-3-2-4-6-16/h2-10H,11-13,19H2,1H3. The Morgan fingerprint density at radius 1 is 0.955 bits per heavy atom. The fraction of sp³-hybridized carbons (Fsp3) is 0.222. The Bertz CT molecular complexity index is 730. The van der Waals surface area contributed by atoms with Gasteiger partial charge in [0.2, 0.25) is 0 Å². The number of hydrogen-bond acceptors (Lipinski definition) is 3. The molecule has 22 heavy (non-hydrogen) atoms. The van der Waals surface area contributed by atoms with Gasteiger partial charge in [0.25, 0.3) is 0 Å². The second kappa shape index (κ2) is 6.54. The van der Waals surface area contributed by atoms with Crippen molar-refractivity contribution in [3.8, 4) is 5.69 Å². The molecule has 0 saturated carbocycles. The summed E-state index contributed by atoms with van der Waals surface area (Å²) in [7, 11) is 0. The highest BCUT2D eigenvalue weighted by Crippen LogP contribution is 2.15. The fourth-order valence-corrected chi connectivity index (χ4v) is 2.54. The van der Waals surface area contributed by atoms with Gasteiger partial charge in [-0.25, -0.2) is 4.68 Å². The molecule has 0 unspecified atom stereocenters. The normalized spacial score (nSPS) is 10.8. The third-order valence-corrected chi connectivity index (χ3v) is 3.81. The van der Waals surface area contributed by atoms with Gasteiger partial charge in [-0.3, -0.25) is 0 Å². The number of aromatic nitrogens is 3. The number of rotatable bonds is 5. The molecule has 0 amide bonds. The smallest absolute Gasteiger partial charge is 0.0999 e. The number of nitrogens with zero attached hydrogens (tertiary/aromatic N) is 3. The maximum Gasteiger partial charge on any atom is 0.0999 e. The summed E-state index contributed by atoms with van der Waals surface area (Å²) in [6, 6.07) is 18.7. The first-order valence-corrected chi connectivity index (χ1v) is 7.52. The van der Waals surface area contributed by atoms with Crippen LogP contribution in [0.5, 0.6) is 0 Å². The molecule has 3 rings (SSSR count). The summed E-state index contributed by atoms with van der Waals surface area (Å²) in [4.78, 5) is 0. The first kappa shape index (κ1) is 14.5. The van der Waals surface area contributed by atoms with Crippen molar-refractivity contribution in [2.45, 2.75) is 26.3 Å². The van der Waals surface area contributed by atoms with E-state index < -0.39 is 0 Å². The number of benzene rings is 2. The summed E-state index contributed by atoms with van der Waals surface area (Å²) in [5, 5.41) is 8.50. The van der Waals surface area contributed by atoms with Crippen LogP contribution >= 0.6 is 0 Å². The zero-order valence-corrected chi connectivity index (χ0v) is 12.7. The number of aryl methyl sites for hydroxylation is 2. The van der Waals surface area contributed by atoms with Crippen molar-refractivity contribution in [1.82, 2.24) is 15.0 Å². The molecule has 4 heteroatoms. The van der Waals surface area contributed by atoms with Crippen molar-refractivity contribution in [3.63, 3.8) is 0 Å². The van der Waals surface area contributed by atoms with Crippen LogP contribution in [0.25, 0.3) is 5.69 Å². The van der Waals surface area contributed by atoms with Crippen LogP contribution in [0.2, 0.25) is 0 Å². The Hall–Kier alpha value is -2.46. The highest BCUT2D eigenvalue weighted by molar-refractivity contribution is 5.33. The maximum absolute atomic E-state index is 5.82. The van der Waals surface area contributed by atoms with E-state index in [-0.39, 0.29) is 0 Å². The highest BCUT2D eigenvalue weighted by atomic mass is 15.4. The van der Waals surface area contributed by atoms with Crippen molar-refractivity contribution in [3.05, 3.63) is 77.1 Å². The molecule has 0 radical (unpaired) electrons. The van der Waals surface area contributed by atoms with Crippen molar-refractivity contribution in [1.29, 1.82) is 0 Å². The lowest BCUT2D eigenvalue weighted by Crippen LogP contribution is -2.07. The van der Waals surface area contributed by atoms with Crippen molar-refractivity contribution >= 4 is 0 Å². The van der Waals surface area contributed by atoms with Crippen LogP contribution in [0, 0.1) is 6.92 Å². The zero-order chi connectivity index (χ0) is 15.4. The van der Waals surface area contributed by atoms with Gasteiger partial charge in [-0.05, 0) is 37.5 Å². The molecule has 0 atom stereocenters. The van der Waals surface area contributed by atoms with Gasteiger partial charge in [-0.2, -0.15) is 0 Å². The van der Waals surface area contributed by atoms with E-state index in [2.05, 4.69) is 41.5 Å². The van der Waals surface area contributed by atoms with Crippen LogP contribution in [0.4, 0.5) is 0 Å². The Morgan fingerprint density at radius 3 is 2.36 bits per heavy atom. The Labute approximate surface area is 130 Å². The highest BCUT2D eigenvalue weighted by Gasteiger charge is 2.13. The molecule has 0 aliphatic heterocycles. The van der Waals surface area contributed by atoms with E-state index in [1.807, 2.05) is 35.0 Å². The van der Waals surface area contributed by atoms with Gasteiger partial charge in [0.05, 0.1) is 17.1 Å². The SMILES string of the molecule is Cc1ccc(CCc2c(CN)nnn2-c2ccccc2)cc1. The summed E-state index contributed by atoms with van der Waals surface area (Å²) >= 11 is 0. The van der Waals surface area contributed by atoms with Gasteiger partial charge in [0.15, 0.2) is 0 Å². The molecule has 2 N–H and O–H groups in total. The monoisotopic (exact) mass is 292 g/mol. The average Bonchev–Trinajstić information content (AvgIpc) is 2.98. The van der Waals surface area contributed by atoms with Crippen LogP contribution in [0.1, 0.15) is 22.5 Å². The van der Waals surface area contributed by atoms with E-state index in [1.54, 1.807) is 0 Å². The van der Waals surface area contributed by atoms with E-state index in [0.29, 0.717) is 6.54 Å². The largest absolute Gasteiger partial charge is 0.325 e. The lowest BCUT2D eigenvalue weighted by molar-refractivity contribution is 0.752. The third-order valence-electron chi connectivity index (χ3n) is 3.81. The summed E-state index contributed by atoms with van der Waals surface area (Å²) in [6.07, 6.45) is 1.82. The summed E-state index contributed by atoms with van der Waals surface area (Å²) < 4.78 is 1.90. The van der Waals surface area contributed by atoms with E-state index in [1.165, 1.54) is 11.1 Å². The van der Waals surface area contributed by atoms with Gasteiger partial charge < -0.3 is 5.73 Å². The molecule has 0 aliphatic carbocycles. The maximum atomic E-state index is 5.82. The molecule has 2 aromatic carbocycles. The molecule has 0 spiro atoms. The first-order valence-electron chi connectivity index (χ1n) is 7.52. The molecule has 0 bridgehead atoms. The lowest BCUT2D eigenvalue weighted by atomic mass is 10.1. The molecule has 0 aliphatic rings. The Kier molecular flexibility index (Phi) is 4.30. The fourth-order valence-electron chi connectivity index (χ4n) is 2.54. The minimum atomic E-state index is 0.413. The lowest BCUT2D eigenvalue weighted by Gasteiger charge is -2.08. The molecule has 1 aromatic heterocycles. The molecular weight excluding hydrogens is 272 g/mol. The van der Waals surface area contributed by atoms with Crippen molar-refractivity contribution in [2.24, 2.45) is 5.73 Å². The van der Waals surface area contributed by atoms with Gasteiger partial charge in [0, 0.05) is 6.54 Å². The average molecular weight is 292 g/mol. The van der Waals surface area contributed by atoms with Crippen LogP contribution in [0.15, 0.2) is 54.6 Å². The van der Waals surface area contributed by atoms with E-state index in [0.717, 1.165) is 29.9 Å². The van der Waals surface area contributed by atoms with E-state index in [4.69, 9.17) is 5.73 Å². The van der Waals surface area contributed by atoms with Gasteiger partial charge in [-0.15, -0.1) is 5.10 Å². The van der Waals surface area contributed by atoms with Gasteiger partial charge in [0.1, 0.15) is 0 Å². The minimum Gasteiger partial charge on any atom is -0.325 e. The molecule has 0 fully saturated rings. The van der Waals surface area contributed by atoms with E-state index >= 15 is 0 Å². The zero-order valence-electron chi connectivity index (χ0n) is 12.7. The summed E-state index contributed by atoms with van der Waals surface area (Å²) in [5.74, 6) is 0. The van der Waals surface area contributed by atoms with Crippen LogP contribution in [0.3, 0.4) is 0 Å². The van der Waals surface area contributed by atoms with Gasteiger partial charge >= 0.3 is 0 Å². The number of para-hydroxylation sites is 1. The summed E-state index contributed by atoms with van der Waals surface area (Å²) in [5.41, 5.74) is 11.4. The molecule has 4 nitrogen and oxygen atoms in total. The second-order valence-electron chi connectivity index (χ2n) is 5.42. The third kappa shape index (κ3) is 3.07. The molecule has 3 aromatic rings. The molecule has 112 valence electrons. The van der Waals surface area contributed by atoms with E-state index in [9.17, 15) is 0 Å². The summed E-state index contributed by atoms with van der Waals surface area (Å²) in [6.45, 7) is 2.51. The molecular formula is C18H20N4. The Morgan fingerprint density at radius 2 is 1.68 bits per heavy atom. The Balaban J connectivity index is 1.86. The molecule has 0 saturated heterocycles. The second-order valence-corrected chi connectivity index (χ2v) is 5.42. The van der Waals surface area contributed by atoms with Crippen LogP contribution in [-0.2, 0) is 19.4 Å². The van der Waals surface area contributed by atoms with Crippen LogP contribution < -0.4 is 5.73 Å². The van der Waals surface area contributed by atoms with Crippen molar-refractivity contribution in [2.75, 3.05) is 0 Å². The van der Waals surface area contributed by atoms with Crippen molar-refractivity contribution < 1.29 is 0 Å². The predicted octanol–water partition coefficient (Wildman–Crippen LogP) is 2.82. The number of nitrogens with two attached hydrogens (primary N) is 1. The van der Waals surface area contributed by atoms with Crippen LogP contribution in [-0.4, -0.2) is 15.0 Å². The first-order chi connectivity index (χ1) is 10.8. The quantitative estimate of drug-likeness (QED) is 0.786. The van der Waals surface area contributed by atoms with Gasteiger partial charge in [-0.1, -0.05) is 53.2 Å². The number of hydrogen-bond donors (Lipinski definition) is 1. The topological polar surface area (TPSA) is 56.7 Å². The minimum absolute atomic E-state index is 0.413. The predicted molar refractivity (Wildman–Crippen MR) is 87.8 cm³/mol.